The van der Waals surface area contributed by atoms with Gasteiger partial charge in [-0.25, -0.2) is 19.3 Å². The summed E-state index contributed by atoms with van der Waals surface area (Å²) >= 11 is 0. The zero-order valence-corrected chi connectivity index (χ0v) is 26.7. The highest BCUT2D eigenvalue weighted by Gasteiger charge is 2.43. The molecule has 4 rings (SSSR count). The molecule has 2 heterocycles. The molecule has 2 unspecified atom stereocenters. The quantitative estimate of drug-likeness (QED) is 0.225. The summed E-state index contributed by atoms with van der Waals surface area (Å²) in [7, 11) is 0. The third kappa shape index (κ3) is 8.40. The molecule has 246 valence electrons. The number of piperidine rings is 1. The lowest BCUT2D eigenvalue weighted by molar-refractivity contribution is -0.165. The summed E-state index contributed by atoms with van der Waals surface area (Å²) < 4.78 is 15.8. The molecule has 0 radical (unpaired) electrons. The number of carbonyl (C=O) groups is 6. The number of alkyl carbamates (subject to hydrolysis) is 2. The molecule has 2 atom stereocenters. The van der Waals surface area contributed by atoms with Crippen LogP contribution in [0.4, 0.5) is 9.59 Å². The molecular formula is C33H40N4O9. The Balaban J connectivity index is 1.36. The Hall–Kier alpha value is -4.94. The van der Waals surface area contributed by atoms with Crippen molar-refractivity contribution in [2.75, 3.05) is 6.73 Å². The minimum absolute atomic E-state index is 0.00550. The largest absolute Gasteiger partial charge is 0.445 e. The third-order valence-electron chi connectivity index (χ3n) is 7.52. The van der Waals surface area contributed by atoms with Gasteiger partial charge in [0.25, 0.3) is 11.8 Å². The normalized spacial score (nSPS) is 17.0. The van der Waals surface area contributed by atoms with Crippen molar-refractivity contribution in [2.45, 2.75) is 84.8 Å². The van der Waals surface area contributed by atoms with Gasteiger partial charge in [-0.15, -0.1) is 0 Å². The van der Waals surface area contributed by atoms with E-state index in [4.69, 9.17) is 14.2 Å². The fraction of sp³-hybridized carbons (Fsp3) is 0.455. The highest BCUT2D eigenvalue weighted by molar-refractivity contribution is 6.05. The van der Waals surface area contributed by atoms with Crippen LogP contribution in [0.1, 0.15) is 74.5 Å². The topological polar surface area (TPSA) is 161 Å². The number of imide groups is 1. The van der Waals surface area contributed by atoms with Gasteiger partial charge in [0.05, 0.1) is 0 Å². The number of hydrogen-bond donors (Lipinski definition) is 2. The lowest BCUT2D eigenvalue weighted by Crippen LogP contribution is -2.55. The van der Waals surface area contributed by atoms with Crippen molar-refractivity contribution in [2.24, 2.45) is 5.92 Å². The highest BCUT2D eigenvalue weighted by Crippen LogP contribution is 2.31. The predicted molar refractivity (Wildman–Crippen MR) is 164 cm³/mol. The van der Waals surface area contributed by atoms with Gasteiger partial charge in [0.15, 0.2) is 6.73 Å². The number of nitrogens with zero attached hydrogens (tertiary/aromatic N) is 2. The fourth-order valence-electron chi connectivity index (χ4n) is 5.17. The first-order valence-corrected chi connectivity index (χ1v) is 15.1. The summed E-state index contributed by atoms with van der Waals surface area (Å²) in [5.74, 6) is -2.83. The zero-order valence-electron chi connectivity index (χ0n) is 26.7. The van der Waals surface area contributed by atoms with Gasteiger partial charge in [-0.3, -0.25) is 14.4 Å². The van der Waals surface area contributed by atoms with Crippen molar-refractivity contribution in [1.82, 2.24) is 20.4 Å². The maximum absolute atomic E-state index is 13.5. The average Bonchev–Trinajstić information content (AvgIpc) is 3.33. The van der Waals surface area contributed by atoms with Crippen LogP contribution in [0, 0.1) is 5.92 Å². The fourth-order valence-corrected chi connectivity index (χ4v) is 5.17. The van der Waals surface area contributed by atoms with Crippen LogP contribution >= 0.6 is 0 Å². The van der Waals surface area contributed by atoms with E-state index in [1.165, 1.54) is 4.90 Å². The number of amides is 5. The molecule has 46 heavy (non-hydrogen) atoms. The molecule has 13 nitrogen and oxygen atoms in total. The van der Waals surface area contributed by atoms with E-state index in [0.29, 0.717) is 16.7 Å². The standard InChI is InChI=1S/C33H40N4O9/c1-20(2)27(35-32(43)44-18-21-10-7-6-8-11-21)30(41)45-19-37-26(38)15-14-25(29(37)40)36-17-24-22(12-9-13-23(24)28(36)39)16-34-31(42)46-33(3,4)5/h6-13,20,25,27H,14-19H2,1-5H3,(H,34,42)(H,35,43). The third-order valence-corrected chi connectivity index (χ3v) is 7.52. The number of ether oxygens (including phenoxy) is 3. The molecule has 1 saturated heterocycles. The van der Waals surface area contributed by atoms with Gasteiger partial charge in [-0.05, 0) is 55.9 Å². The Labute approximate surface area is 267 Å². The van der Waals surface area contributed by atoms with Gasteiger partial charge in [-0.2, -0.15) is 0 Å². The Morgan fingerprint density at radius 3 is 2.35 bits per heavy atom. The number of likely N-dealkylation sites (tertiary alicyclic amines) is 1. The Morgan fingerprint density at radius 1 is 0.957 bits per heavy atom. The SMILES string of the molecule is CC(C)C(NC(=O)OCc1ccccc1)C(=O)OCN1C(=O)CCC(N2Cc3c(CNC(=O)OC(C)(C)C)cccc3C2=O)C1=O. The second-order valence-electron chi connectivity index (χ2n) is 12.5. The number of nitrogens with one attached hydrogen (secondary N) is 2. The number of esters is 1. The number of hydrogen-bond acceptors (Lipinski definition) is 9. The molecule has 0 aromatic heterocycles. The summed E-state index contributed by atoms with van der Waals surface area (Å²) in [6.07, 6.45) is -1.36. The van der Waals surface area contributed by atoms with Crippen LogP contribution < -0.4 is 10.6 Å². The molecule has 2 aromatic carbocycles. The summed E-state index contributed by atoms with van der Waals surface area (Å²) in [4.78, 5) is 79.4. The van der Waals surface area contributed by atoms with Gasteiger partial charge in [0.1, 0.15) is 24.3 Å². The number of carbonyl (C=O) groups excluding carboxylic acids is 6. The van der Waals surface area contributed by atoms with E-state index in [1.54, 1.807) is 77.1 Å². The van der Waals surface area contributed by atoms with E-state index in [-0.39, 0.29) is 38.4 Å². The molecule has 2 N–H and O–H groups in total. The second kappa shape index (κ2) is 14.4. The van der Waals surface area contributed by atoms with Crippen molar-refractivity contribution < 1.29 is 43.0 Å². The van der Waals surface area contributed by atoms with Crippen molar-refractivity contribution >= 4 is 35.9 Å². The lowest BCUT2D eigenvalue weighted by Gasteiger charge is -2.35. The molecule has 5 amide bonds. The van der Waals surface area contributed by atoms with E-state index in [1.807, 2.05) is 6.07 Å². The van der Waals surface area contributed by atoms with Gasteiger partial charge >= 0.3 is 18.2 Å². The minimum Gasteiger partial charge on any atom is -0.445 e. The number of rotatable bonds is 10. The van der Waals surface area contributed by atoms with Gasteiger partial charge in [0.2, 0.25) is 5.91 Å². The molecule has 0 aliphatic carbocycles. The van der Waals surface area contributed by atoms with Gasteiger partial charge in [-0.1, -0.05) is 56.3 Å². The van der Waals surface area contributed by atoms with Crippen LogP contribution in [-0.2, 0) is 48.3 Å². The van der Waals surface area contributed by atoms with Crippen LogP contribution in [0.3, 0.4) is 0 Å². The van der Waals surface area contributed by atoms with E-state index in [2.05, 4.69) is 10.6 Å². The van der Waals surface area contributed by atoms with Crippen LogP contribution in [-0.4, -0.2) is 70.1 Å². The molecule has 0 spiro atoms. The molecule has 13 heteroatoms. The first kappa shape index (κ1) is 33.9. The van der Waals surface area contributed by atoms with Gasteiger partial charge in [0, 0.05) is 25.1 Å². The van der Waals surface area contributed by atoms with Crippen molar-refractivity contribution in [3.05, 3.63) is 70.8 Å². The Bertz CT molecular complexity index is 1490. The molecular weight excluding hydrogens is 596 g/mol. The highest BCUT2D eigenvalue weighted by atomic mass is 16.6. The number of fused-ring (bicyclic) bond motifs is 1. The van der Waals surface area contributed by atoms with Crippen LogP contribution in [0.25, 0.3) is 0 Å². The summed E-state index contributed by atoms with van der Waals surface area (Å²) in [6.45, 7) is 8.21. The van der Waals surface area contributed by atoms with Gasteiger partial charge < -0.3 is 29.7 Å². The Kier molecular flexibility index (Phi) is 10.7. The molecule has 2 aliphatic rings. The Morgan fingerprint density at radius 2 is 1.67 bits per heavy atom. The van der Waals surface area contributed by atoms with E-state index < -0.39 is 60.3 Å². The van der Waals surface area contributed by atoms with Crippen molar-refractivity contribution in [3.63, 3.8) is 0 Å². The first-order valence-electron chi connectivity index (χ1n) is 15.1. The minimum atomic E-state index is -1.10. The second-order valence-corrected chi connectivity index (χ2v) is 12.5. The van der Waals surface area contributed by atoms with E-state index in [9.17, 15) is 28.8 Å². The number of benzene rings is 2. The molecule has 2 aromatic rings. The molecule has 1 fully saturated rings. The summed E-state index contributed by atoms with van der Waals surface area (Å²) in [5.41, 5.74) is 1.85. The van der Waals surface area contributed by atoms with Crippen LogP contribution in [0.2, 0.25) is 0 Å². The van der Waals surface area contributed by atoms with E-state index >= 15 is 0 Å². The van der Waals surface area contributed by atoms with Crippen molar-refractivity contribution in [3.8, 4) is 0 Å². The smallest absolute Gasteiger partial charge is 0.408 e. The molecule has 0 bridgehead atoms. The first-order chi connectivity index (χ1) is 21.7. The van der Waals surface area contributed by atoms with Crippen molar-refractivity contribution in [1.29, 1.82) is 0 Å². The van der Waals surface area contributed by atoms with Crippen LogP contribution in [0.5, 0.6) is 0 Å². The predicted octanol–water partition coefficient (Wildman–Crippen LogP) is 3.64. The zero-order chi connectivity index (χ0) is 33.6. The van der Waals surface area contributed by atoms with Crippen LogP contribution in [0.15, 0.2) is 48.5 Å². The molecule has 0 saturated carbocycles. The monoisotopic (exact) mass is 636 g/mol. The lowest BCUT2D eigenvalue weighted by atomic mass is 10.0. The average molecular weight is 637 g/mol. The molecule has 2 aliphatic heterocycles. The maximum atomic E-state index is 13.5. The van der Waals surface area contributed by atoms with E-state index in [0.717, 1.165) is 10.5 Å². The maximum Gasteiger partial charge on any atom is 0.408 e. The summed E-state index contributed by atoms with van der Waals surface area (Å²) in [5, 5.41) is 5.18. The summed E-state index contributed by atoms with van der Waals surface area (Å²) in [6, 6.07) is 12.1.